The van der Waals surface area contributed by atoms with Crippen molar-refractivity contribution in [2.75, 3.05) is 20.6 Å². The van der Waals surface area contributed by atoms with Crippen LogP contribution in [0, 0.1) is 5.92 Å². The Morgan fingerprint density at radius 3 is 2.26 bits per heavy atom. The summed E-state index contributed by atoms with van der Waals surface area (Å²) >= 11 is 0. The maximum absolute atomic E-state index is 12.2. The number of nitrogens with one attached hydrogen (secondary N) is 1. The molecule has 5 nitrogen and oxygen atoms in total. The van der Waals surface area contributed by atoms with E-state index in [1.807, 2.05) is 44.4 Å². The first-order valence-electron chi connectivity index (χ1n) is 7.81. The fourth-order valence-electron chi connectivity index (χ4n) is 2.50. The fourth-order valence-corrected chi connectivity index (χ4v) is 2.50. The van der Waals surface area contributed by atoms with Gasteiger partial charge in [0.05, 0.1) is 5.56 Å². The molecule has 2 aromatic rings. The molecule has 0 aliphatic carbocycles. The number of rotatable bonds is 6. The number of carbonyl (C=O) groups is 1. The van der Waals surface area contributed by atoms with Crippen LogP contribution >= 0.6 is 0 Å². The lowest BCUT2D eigenvalue weighted by molar-refractivity contribution is 0.0934. The quantitative estimate of drug-likeness (QED) is 0.890. The molecule has 0 radical (unpaired) electrons. The van der Waals surface area contributed by atoms with Gasteiger partial charge in [0.2, 0.25) is 0 Å². The lowest BCUT2D eigenvalue weighted by Gasteiger charge is -2.28. The van der Waals surface area contributed by atoms with E-state index >= 15 is 0 Å². The van der Waals surface area contributed by atoms with Gasteiger partial charge in [-0.15, -0.1) is 0 Å². The number of hydrogen-bond acceptors (Lipinski definition) is 4. The van der Waals surface area contributed by atoms with Gasteiger partial charge in [0.15, 0.2) is 5.82 Å². The highest BCUT2D eigenvalue weighted by atomic mass is 16.1. The van der Waals surface area contributed by atoms with Gasteiger partial charge in [0.1, 0.15) is 0 Å². The van der Waals surface area contributed by atoms with Crippen LogP contribution in [0.15, 0.2) is 42.7 Å². The Hall–Kier alpha value is -2.27. The van der Waals surface area contributed by atoms with Crippen molar-refractivity contribution in [3.8, 4) is 11.4 Å². The van der Waals surface area contributed by atoms with Gasteiger partial charge in [-0.05, 0) is 20.0 Å². The summed E-state index contributed by atoms with van der Waals surface area (Å²) in [6.45, 7) is 4.90. The summed E-state index contributed by atoms with van der Waals surface area (Å²) in [7, 11) is 4.04. The molecule has 0 saturated heterocycles. The van der Waals surface area contributed by atoms with Crippen LogP contribution in [0.1, 0.15) is 24.2 Å². The second-order valence-corrected chi connectivity index (χ2v) is 6.15. The Balaban J connectivity index is 2.00. The molecule has 0 saturated carbocycles. The largest absolute Gasteiger partial charge is 0.350 e. The number of nitrogens with zero attached hydrogens (tertiary/aromatic N) is 3. The normalized spacial score (nSPS) is 12.4. The second-order valence-electron chi connectivity index (χ2n) is 6.15. The van der Waals surface area contributed by atoms with Gasteiger partial charge < -0.3 is 10.2 Å². The van der Waals surface area contributed by atoms with Crippen LogP contribution < -0.4 is 5.32 Å². The molecule has 0 aliphatic heterocycles. The minimum Gasteiger partial charge on any atom is -0.350 e. The molecule has 0 spiro atoms. The molecular formula is C18H24N4O. The molecule has 122 valence electrons. The summed E-state index contributed by atoms with van der Waals surface area (Å²) in [6, 6.07) is 10.0. The molecule has 1 atom stereocenters. The Bertz CT molecular complexity index is 615. The molecule has 23 heavy (non-hydrogen) atoms. The van der Waals surface area contributed by atoms with E-state index in [0.29, 0.717) is 29.9 Å². The molecular weight excluding hydrogens is 288 g/mol. The van der Waals surface area contributed by atoms with Crippen LogP contribution in [0.4, 0.5) is 0 Å². The monoisotopic (exact) mass is 312 g/mol. The van der Waals surface area contributed by atoms with E-state index in [2.05, 4.69) is 34.0 Å². The highest BCUT2D eigenvalue weighted by Gasteiger charge is 2.17. The number of aromatic nitrogens is 2. The van der Waals surface area contributed by atoms with Gasteiger partial charge in [-0.25, -0.2) is 9.97 Å². The highest BCUT2D eigenvalue weighted by molar-refractivity contribution is 5.93. The first kappa shape index (κ1) is 17.1. The minimum atomic E-state index is -0.142. The second kappa shape index (κ2) is 7.83. The zero-order valence-corrected chi connectivity index (χ0v) is 14.2. The summed E-state index contributed by atoms with van der Waals surface area (Å²) in [6.07, 6.45) is 3.15. The van der Waals surface area contributed by atoms with Crippen molar-refractivity contribution < 1.29 is 4.79 Å². The van der Waals surface area contributed by atoms with E-state index in [9.17, 15) is 4.79 Å². The van der Waals surface area contributed by atoms with E-state index in [4.69, 9.17) is 0 Å². The van der Waals surface area contributed by atoms with Gasteiger partial charge in [0.25, 0.3) is 5.91 Å². The number of likely N-dealkylation sites (N-methyl/N-ethyl adjacent to an activating group) is 1. The summed E-state index contributed by atoms with van der Waals surface area (Å²) < 4.78 is 0. The third-order valence-electron chi connectivity index (χ3n) is 3.85. The van der Waals surface area contributed by atoms with Gasteiger partial charge in [-0.3, -0.25) is 4.79 Å². The predicted octanol–water partition coefficient (Wildman–Crippen LogP) is 2.46. The van der Waals surface area contributed by atoms with Crippen LogP contribution in [-0.2, 0) is 0 Å². The lowest BCUT2D eigenvalue weighted by atomic mass is 10.0. The molecule has 1 aromatic carbocycles. The Labute approximate surface area is 137 Å². The average Bonchev–Trinajstić information content (AvgIpc) is 2.55. The third kappa shape index (κ3) is 4.60. The van der Waals surface area contributed by atoms with Gasteiger partial charge in [-0.1, -0.05) is 44.2 Å². The van der Waals surface area contributed by atoms with Gasteiger partial charge in [0, 0.05) is 30.5 Å². The lowest BCUT2D eigenvalue weighted by Crippen LogP contribution is -2.43. The van der Waals surface area contributed by atoms with Crippen LogP contribution in [0.5, 0.6) is 0 Å². The summed E-state index contributed by atoms with van der Waals surface area (Å²) in [4.78, 5) is 22.9. The molecule has 5 heteroatoms. The van der Waals surface area contributed by atoms with Crippen molar-refractivity contribution in [3.63, 3.8) is 0 Å². The van der Waals surface area contributed by atoms with E-state index in [1.165, 1.54) is 0 Å². The van der Waals surface area contributed by atoms with Crippen LogP contribution in [0.25, 0.3) is 11.4 Å². The van der Waals surface area contributed by atoms with Crippen molar-refractivity contribution in [1.29, 1.82) is 0 Å². The summed E-state index contributed by atoms with van der Waals surface area (Å²) in [5, 5.41) is 2.96. The van der Waals surface area contributed by atoms with Crippen LogP contribution in [0.3, 0.4) is 0 Å². The van der Waals surface area contributed by atoms with Gasteiger partial charge in [-0.2, -0.15) is 0 Å². The average molecular weight is 312 g/mol. The number of carbonyl (C=O) groups excluding carboxylic acids is 1. The molecule has 0 fully saturated rings. The Morgan fingerprint density at radius 1 is 1.13 bits per heavy atom. The number of benzene rings is 1. The standard InChI is InChI=1S/C18H24N4O/c1-13(2)16(22(3)4)12-21-18(23)15-10-19-17(20-11-15)14-8-6-5-7-9-14/h5-11,13,16H,12H2,1-4H3,(H,21,23). The van der Waals surface area contributed by atoms with Gasteiger partial charge >= 0.3 is 0 Å². The zero-order valence-electron chi connectivity index (χ0n) is 14.2. The molecule has 1 amide bonds. The van der Waals surface area contributed by atoms with E-state index in [-0.39, 0.29) is 5.91 Å². The number of amides is 1. The van der Waals surface area contributed by atoms with E-state index in [1.54, 1.807) is 12.4 Å². The number of hydrogen-bond donors (Lipinski definition) is 1. The summed E-state index contributed by atoms with van der Waals surface area (Å²) in [5.41, 5.74) is 1.41. The predicted molar refractivity (Wildman–Crippen MR) is 92.1 cm³/mol. The molecule has 1 N–H and O–H groups in total. The zero-order chi connectivity index (χ0) is 16.8. The molecule has 1 heterocycles. The molecule has 0 bridgehead atoms. The third-order valence-corrected chi connectivity index (χ3v) is 3.85. The first-order valence-corrected chi connectivity index (χ1v) is 7.81. The topological polar surface area (TPSA) is 58.1 Å². The molecule has 1 unspecified atom stereocenters. The Kier molecular flexibility index (Phi) is 5.82. The van der Waals surface area contributed by atoms with Crippen LogP contribution in [-0.4, -0.2) is 47.5 Å². The first-order chi connectivity index (χ1) is 11.0. The van der Waals surface area contributed by atoms with E-state index in [0.717, 1.165) is 5.56 Å². The molecule has 0 aliphatic rings. The highest BCUT2D eigenvalue weighted by Crippen LogP contribution is 2.13. The molecule has 2 rings (SSSR count). The van der Waals surface area contributed by atoms with Crippen molar-refractivity contribution in [3.05, 3.63) is 48.3 Å². The maximum atomic E-state index is 12.2. The van der Waals surface area contributed by atoms with Crippen molar-refractivity contribution >= 4 is 5.91 Å². The maximum Gasteiger partial charge on any atom is 0.254 e. The van der Waals surface area contributed by atoms with Crippen LogP contribution in [0.2, 0.25) is 0 Å². The van der Waals surface area contributed by atoms with Crippen molar-refractivity contribution in [2.45, 2.75) is 19.9 Å². The van der Waals surface area contributed by atoms with Crippen molar-refractivity contribution in [2.24, 2.45) is 5.92 Å². The SMILES string of the molecule is CC(C)C(CNC(=O)c1cnc(-c2ccccc2)nc1)N(C)C. The smallest absolute Gasteiger partial charge is 0.254 e. The van der Waals surface area contributed by atoms with Crippen molar-refractivity contribution in [1.82, 2.24) is 20.2 Å². The molecule has 1 aromatic heterocycles. The summed E-state index contributed by atoms with van der Waals surface area (Å²) in [5.74, 6) is 0.939. The van der Waals surface area contributed by atoms with E-state index < -0.39 is 0 Å². The minimum absolute atomic E-state index is 0.142. The fraction of sp³-hybridized carbons (Fsp3) is 0.389. The Morgan fingerprint density at radius 2 is 1.74 bits per heavy atom.